The van der Waals surface area contributed by atoms with Gasteiger partial charge in [0, 0.05) is 5.56 Å². The molecule has 0 atom stereocenters. The summed E-state index contributed by atoms with van der Waals surface area (Å²) in [7, 11) is 0. The molecule has 0 saturated heterocycles. The Kier molecular flexibility index (Phi) is 5.84. The van der Waals surface area contributed by atoms with E-state index in [0.717, 1.165) is 16.7 Å². The Morgan fingerprint density at radius 1 is 1.00 bits per heavy atom. The summed E-state index contributed by atoms with van der Waals surface area (Å²) in [5.74, 6) is 0.362. The van der Waals surface area contributed by atoms with Gasteiger partial charge in [-0.15, -0.1) is 0 Å². The largest absolute Gasteiger partial charge is 0.507 e. The van der Waals surface area contributed by atoms with Crippen molar-refractivity contribution in [1.29, 1.82) is 0 Å². The number of benzene rings is 3. The lowest BCUT2D eigenvalue weighted by Gasteiger charge is -2.07. The molecule has 0 saturated carbocycles. The average Bonchev–Trinajstić information content (AvgIpc) is 2.71. The highest BCUT2D eigenvalue weighted by atomic mass is 16.5. The quantitative estimate of drug-likeness (QED) is 0.517. The number of hydrogen-bond acceptors (Lipinski definition) is 4. The third-order valence-electron chi connectivity index (χ3n) is 3.99. The van der Waals surface area contributed by atoms with Gasteiger partial charge in [0.2, 0.25) is 0 Å². The normalized spacial score (nSPS) is 10.7. The van der Waals surface area contributed by atoms with E-state index in [2.05, 4.69) is 10.5 Å². The van der Waals surface area contributed by atoms with Crippen LogP contribution in [0, 0.1) is 6.92 Å². The van der Waals surface area contributed by atoms with Crippen LogP contribution in [-0.4, -0.2) is 23.8 Å². The number of amides is 1. The minimum Gasteiger partial charge on any atom is -0.507 e. The van der Waals surface area contributed by atoms with E-state index in [1.165, 1.54) is 6.21 Å². The smallest absolute Gasteiger partial charge is 0.277 e. The van der Waals surface area contributed by atoms with Crippen molar-refractivity contribution in [3.63, 3.8) is 0 Å². The molecule has 27 heavy (non-hydrogen) atoms. The van der Waals surface area contributed by atoms with Gasteiger partial charge in [0.15, 0.2) is 6.61 Å². The fraction of sp³-hybridized carbons (Fsp3) is 0.0909. The summed E-state index contributed by atoms with van der Waals surface area (Å²) >= 11 is 0. The van der Waals surface area contributed by atoms with Crippen molar-refractivity contribution in [3.05, 3.63) is 83.9 Å². The average molecular weight is 360 g/mol. The van der Waals surface area contributed by atoms with E-state index >= 15 is 0 Å². The Bertz CT molecular complexity index is 936. The number of carbonyl (C=O) groups is 1. The molecule has 0 bridgehead atoms. The molecule has 5 heteroatoms. The number of hydrazone groups is 1. The summed E-state index contributed by atoms with van der Waals surface area (Å²) in [5.41, 5.74) is 5.86. The molecule has 0 spiro atoms. The first-order valence-electron chi connectivity index (χ1n) is 8.52. The van der Waals surface area contributed by atoms with E-state index < -0.39 is 0 Å². The minimum absolute atomic E-state index is 0.144. The van der Waals surface area contributed by atoms with E-state index in [1.807, 2.05) is 54.6 Å². The van der Waals surface area contributed by atoms with Gasteiger partial charge < -0.3 is 9.84 Å². The zero-order valence-corrected chi connectivity index (χ0v) is 14.9. The predicted molar refractivity (Wildman–Crippen MR) is 106 cm³/mol. The van der Waals surface area contributed by atoms with Gasteiger partial charge in [0.25, 0.3) is 5.91 Å². The Morgan fingerprint density at radius 2 is 1.70 bits per heavy atom. The molecule has 3 rings (SSSR count). The molecule has 0 aliphatic rings. The molecule has 0 aromatic heterocycles. The highest BCUT2D eigenvalue weighted by molar-refractivity contribution is 5.85. The number of aryl methyl sites for hydroxylation is 1. The number of nitrogens with zero attached hydrogens (tertiary/aromatic N) is 1. The number of aromatic hydroxyl groups is 1. The van der Waals surface area contributed by atoms with Crippen LogP contribution in [0.5, 0.6) is 11.5 Å². The Morgan fingerprint density at radius 3 is 2.44 bits per heavy atom. The summed E-state index contributed by atoms with van der Waals surface area (Å²) in [6.07, 6.45) is 1.40. The number of rotatable bonds is 6. The van der Waals surface area contributed by atoms with Gasteiger partial charge in [0.05, 0.1) is 6.21 Å². The van der Waals surface area contributed by atoms with Crippen LogP contribution >= 0.6 is 0 Å². The molecule has 3 aromatic rings. The van der Waals surface area contributed by atoms with E-state index in [4.69, 9.17) is 4.74 Å². The number of para-hydroxylation sites is 1. The Hall–Kier alpha value is -3.60. The zero-order valence-electron chi connectivity index (χ0n) is 14.9. The van der Waals surface area contributed by atoms with Gasteiger partial charge in [0.1, 0.15) is 11.5 Å². The third kappa shape index (κ3) is 4.95. The fourth-order valence-electron chi connectivity index (χ4n) is 2.52. The van der Waals surface area contributed by atoms with Crippen molar-refractivity contribution in [1.82, 2.24) is 5.43 Å². The summed E-state index contributed by atoms with van der Waals surface area (Å²) in [5, 5.41) is 13.7. The van der Waals surface area contributed by atoms with E-state index in [-0.39, 0.29) is 18.3 Å². The molecule has 0 heterocycles. The summed E-state index contributed by atoms with van der Waals surface area (Å²) in [4.78, 5) is 11.8. The van der Waals surface area contributed by atoms with Gasteiger partial charge in [-0.05, 0) is 41.8 Å². The molecule has 2 N–H and O–H groups in total. The molecule has 0 radical (unpaired) electrons. The van der Waals surface area contributed by atoms with Crippen LogP contribution in [0.25, 0.3) is 11.1 Å². The predicted octanol–water partition coefficient (Wildman–Crippen LogP) is 3.90. The molecule has 0 fully saturated rings. The second kappa shape index (κ2) is 8.67. The molecular weight excluding hydrogens is 340 g/mol. The second-order valence-electron chi connectivity index (χ2n) is 5.99. The van der Waals surface area contributed by atoms with Crippen molar-refractivity contribution in [2.75, 3.05) is 6.61 Å². The fourth-order valence-corrected chi connectivity index (χ4v) is 2.52. The SMILES string of the molecule is Cc1cccc(/C=N/NC(=O)COc2ccc(-c3ccccc3)cc2)c1O. The third-order valence-corrected chi connectivity index (χ3v) is 3.99. The van der Waals surface area contributed by atoms with Crippen molar-refractivity contribution in [2.24, 2.45) is 5.10 Å². The molecule has 3 aromatic carbocycles. The van der Waals surface area contributed by atoms with Gasteiger partial charge >= 0.3 is 0 Å². The van der Waals surface area contributed by atoms with Crippen LogP contribution < -0.4 is 10.2 Å². The lowest BCUT2D eigenvalue weighted by molar-refractivity contribution is -0.123. The van der Waals surface area contributed by atoms with Crippen LogP contribution in [0.3, 0.4) is 0 Å². The van der Waals surface area contributed by atoms with Crippen molar-refractivity contribution < 1.29 is 14.6 Å². The Balaban J connectivity index is 1.50. The van der Waals surface area contributed by atoms with Crippen molar-refractivity contribution in [2.45, 2.75) is 6.92 Å². The minimum atomic E-state index is -0.384. The standard InChI is InChI=1S/C22H20N2O3/c1-16-6-5-9-19(22(16)26)14-23-24-21(25)15-27-20-12-10-18(11-13-20)17-7-3-2-4-8-17/h2-14,26H,15H2,1H3,(H,24,25)/b23-14+. The maximum Gasteiger partial charge on any atom is 0.277 e. The Labute approximate surface area is 157 Å². The van der Waals surface area contributed by atoms with Crippen LogP contribution in [0.15, 0.2) is 77.9 Å². The van der Waals surface area contributed by atoms with Crippen molar-refractivity contribution in [3.8, 4) is 22.6 Å². The van der Waals surface area contributed by atoms with Gasteiger partial charge in [-0.25, -0.2) is 5.43 Å². The number of hydrogen-bond donors (Lipinski definition) is 2. The molecule has 5 nitrogen and oxygen atoms in total. The highest BCUT2D eigenvalue weighted by Gasteiger charge is 2.04. The molecule has 1 amide bonds. The van der Waals surface area contributed by atoms with Gasteiger partial charge in [-0.2, -0.15) is 5.10 Å². The number of ether oxygens (including phenoxy) is 1. The summed E-state index contributed by atoms with van der Waals surface area (Å²) in [6, 6.07) is 22.9. The van der Waals surface area contributed by atoms with Crippen LogP contribution in [0.2, 0.25) is 0 Å². The van der Waals surface area contributed by atoms with Gasteiger partial charge in [-0.1, -0.05) is 54.6 Å². The van der Waals surface area contributed by atoms with E-state index in [1.54, 1.807) is 25.1 Å². The van der Waals surface area contributed by atoms with Crippen molar-refractivity contribution >= 4 is 12.1 Å². The molecule has 0 aliphatic carbocycles. The van der Waals surface area contributed by atoms with Crippen LogP contribution in [0.4, 0.5) is 0 Å². The molecule has 136 valence electrons. The van der Waals surface area contributed by atoms with Gasteiger partial charge in [-0.3, -0.25) is 4.79 Å². The lowest BCUT2D eigenvalue weighted by atomic mass is 10.1. The number of phenols is 1. The number of nitrogens with one attached hydrogen (secondary N) is 1. The van der Waals surface area contributed by atoms with E-state index in [0.29, 0.717) is 11.3 Å². The lowest BCUT2D eigenvalue weighted by Crippen LogP contribution is -2.24. The summed E-state index contributed by atoms with van der Waals surface area (Å²) < 4.78 is 5.47. The van der Waals surface area contributed by atoms with E-state index in [9.17, 15) is 9.90 Å². The maximum absolute atomic E-state index is 11.8. The first kappa shape index (κ1) is 18.2. The molecule has 0 unspecified atom stereocenters. The summed E-state index contributed by atoms with van der Waals surface area (Å²) in [6.45, 7) is 1.64. The first-order valence-corrected chi connectivity index (χ1v) is 8.52. The topological polar surface area (TPSA) is 70.9 Å². The zero-order chi connectivity index (χ0) is 19.1. The van der Waals surface area contributed by atoms with Crippen LogP contribution in [0.1, 0.15) is 11.1 Å². The number of phenolic OH excluding ortho intramolecular Hbond substituents is 1. The number of carbonyl (C=O) groups excluding carboxylic acids is 1. The van der Waals surface area contributed by atoms with Crippen LogP contribution in [-0.2, 0) is 4.79 Å². The molecule has 0 aliphatic heterocycles. The molecular formula is C22H20N2O3. The maximum atomic E-state index is 11.8. The highest BCUT2D eigenvalue weighted by Crippen LogP contribution is 2.22. The second-order valence-corrected chi connectivity index (χ2v) is 5.99. The first-order chi connectivity index (χ1) is 13.1. The monoisotopic (exact) mass is 360 g/mol.